The van der Waals surface area contributed by atoms with E-state index >= 15 is 0 Å². The van der Waals surface area contributed by atoms with E-state index in [9.17, 15) is 9.59 Å². The number of benzene rings is 1. The van der Waals surface area contributed by atoms with Crippen molar-refractivity contribution in [3.05, 3.63) is 35.5 Å². The molecule has 2 heterocycles. The first-order valence-electron chi connectivity index (χ1n) is 7.53. The normalized spacial score (nSPS) is 17.5. The molecule has 0 spiro atoms. The highest BCUT2D eigenvalue weighted by Crippen LogP contribution is 2.24. The Morgan fingerprint density at radius 3 is 2.78 bits per heavy atom. The average molecular weight is 313 g/mol. The van der Waals surface area contributed by atoms with Gasteiger partial charge in [-0.05, 0) is 37.6 Å². The Kier molecular flexibility index (Phi) is 3.90. The van der Waals surface area contributed by atoms with Gasteiger partial charge in [0.05, 0.1) is 29.8 Å². The summed E-state index contributed by atoms with van der Waals surface area (Å²) in [6.07, 6.45) is 0.620. The Hall–Kier alpha value is -2.63. The van der Waals surface area contributed by atoms with Crippen LogP contribution in [0.5, 0.6) is 5.75 Å². The van der Waals surface area contributed by atoms with Crippen molar-refractivity contribution in [2.45, 2.75) is 13.3 Å². The zero-order chi connectivity index (χ0) is 16.6. The average Bonchev–Trinajstić information content (AvgIpc) is 3.03. The minimum Gasteiger partial charge on any atom is -0.497 e. The maximum absolute atomic E-state index is 12.7. The lowest BCUT2D eigenvalue weighted by atomic mass is 10.1. The Bertz CT molecular complexity index is 788. The lowest BCUT2D eigenvalue weighted by Gasteiger charge is -2.17. The third-order valence-electron chi connectivity index (χ3n) is 4.32. The van der Waals surface area contributed by atoms with Crippen LogP contribution in [0.3, 0.4) is 0 Å². The standard InChI is InChI=1S/C17H19N3O3/c1-10-14(17(22)20-6-5-11(9-20)16(18)21)8-12-7-13(23-2)3-4-15(12)19-10/h3-4,7-8,11H,5-6,9H2,1-2H3,(H2,18,21)/t11-/m0/s1. The van der Waals surface area contributed by atoms with E-state index in [1.165, 1.54) is 0 Å². The van der Waals surface area contributed by atoms with Crippen LogP contribution in [0.1, 0.15) is 22.5 Å². The van der Waals surface area contributed by atoms with Crippen LogP contribution < -0.4 is 10.5 Å². The fourth-order valence-electron chi connectivity index (χ4n) is 2.94. The number of hydrogen-bond acceptors (Lipinski definition) is 4. The van der Waals surface area contributed by atoms with Crippen molar-refractivity contribution in [2.75, 3.05) is 20.2 Å². The maximum atomic E-state index is 12.7. The number of methoxy groups -OCH3 is 1. The van der Waals surface area contributed by atoms with Gasteiger partial charge in [-0.25, -0.2) is 0 Å². The fraction of sp³-hybridized carbons (Fsp3) is 0.353. The number of aromatic nitrogens is 1. The minimum absolute atomic E-state index is 0.108. The fourth-order valence-corrected chi connectivity index (χ4v) is 2.94. The van der Waals surface area contributed by atoms with E-state index in [1.807, 2.05) is 31.2 Å². The van der Waals surface area contributed by atoms with Crippen LogP contribution in [0.4, 0.5) is 0 Å². The monoisotopic (exact) mass is 313 g/mol. The molecule has 1 aromatic carbocycles. The van der Waals surface area contributed by atoms with Gasteiger partial charge in [0.2, 0.25) is 5.91 Å². The summed E-state index contributed by atoms with van der Waals surface area (Å²) >= 11 is 0. The topological polar surface area (TPSA) is 85.5 Å². The first-order valence-corrected chi connectivity index (χ1v) is 7.53. The Labute approximate surface area is 134 Å². The molecule has 0 saturated carbocycles. The van der Waals surface area contributed by atoms with Crippen LogP contribution >= 0.6 is 0 Å². The lowest BCUT2D eigenvalue weighted by Crippen LogP contribution is -2.32. The van der Waals surface area contributed by atoms with Crippen molar-refractivity contribution in [3.8, 4) is 5.75 Å². The summed E-state index contributed by atoms with van der Waals surface area (Å²) in [5.74, 6) is 0.00569. The summed E-state index contributed by atoms with van der Waals surface area (Å²) in [4.78, 5) is 30.2. The van der Waals surface area contributed by atoms with Crippen LogP contribution in [0, 0.1) is 12.8 Å². The van der Waals surface area contributed by atoms with Gasteiger partial charge in [0.1, 0.15) is 5.75 Å². The summed E-state index contributed by atoms with van der Waals surface area (Å²) in [5.41, 5.74) is 7.38. The van der Waals surface area contributed by atoms with E-state index in [0.29, 0.717) is 30.8 Å². The highest BCUT2D eigenvalue weighted by molar-refractivity contribution is 5.99. The molecule has 0 bridgehead atoms. The highest BCUT2D eigenvalue weighted by Gasteiger charge is 2.31. The molecular weight excluding hydrogens is 294 g/mol. The molecule has 1 aliphatic rings. The van der Waals surface area contributed by atoms with Gasteiger partial charge in [0, 0.05) is 18.5 Å². The van der Waals surface area contributed by atoms with Crippen molar-refractivity contribution in [1.82, 2.24) is 9.88 Å². The molecule has 1 aromatic heterocycles. The third kappa shape index (κ3) is 2.84. The lowest BCUT2D eigenvalue weighted by molar-refractivity contribution is -0.121. The first kappa shape index (κ1) is 15.3. The van der Waals surface area contributed by atoms with Crippen molar-refractivity contribution >= 4 is 22.7 Å². The van der Waals surface area contributed by atoms with Crippen molar-refractivity contribution < 1.29 is 14.3 Å². The Morgan fingerprint density at radius 1 is 1.35 bits per heavy atom. The molecule has 1 saturated heterocycles. The van der Waals surface area contributed by atoms with Crippen LogP contribution in [-0.4, -0.2) is 41.9 Å². The van der Waals surface area contributed by atoms with Gasteiger partial charge in [-0.2, -0.15) is 0 Å². The summed E-state index contributed by atoms with van der Waals surface area (Å²) in [5, 5.41) is 0.851. The Balaban J connectivity index is 1.94. The summed E-state index contributed by atoms with van der Waals surface area (Å²) in [6.45, 7) is 2.74. The summed E-state index contributed by atoms with van der Waals surface area (Å²) in [6, 6.07) is 7.40. The molecule has 0 unspecified atom stereocenters. The van der Waals surface area contributed by atoms with Crippen LogP contribution in [0.25, 0.3) is 10.9 Å². The third-order valence-corrected chi connectivity index (χ3v) is 4.32. The molecule has 1 fully saturated rings. The van der Waals surface area contributed by atoms with E-state index in [4.69, 9.17) is 10.5 Å². The quantitative estimate of drug-likeness (QED) is 0.930. The smallest absolute Gasteiger partial charge is 0.255 e. The number of primary amides is 1. The maximum Gasteiger partial charge on any atom is 0.255 e. The zero-order valence-corrected chi connectivity index (χ0v) is 13.2. The predicted molar refractivity (Wildman–Crippen MR) is 86.2 cm³/mol. The molecule has 3 rings (SSSR count). The molecule has 0 aliphatic carbocycles. The van der Waals surface area contributed by atoms with Crippen LogP contribution in [0.15, 0.2) is 24.3 Å². The second-order valence-corrected chi connectivity index (χ2v) is 5.82. The van der Waals surface area contributed by atoms with E-state index in [0.717, 1.165) is 16.7 Å². The van der Waals surface area contributed by atoms with E-state index in [1.54, 1.807) is 12.0 Å². The number of fused-ring (bicyclic) bond motifs is 1. The number of likely N-dealkylation sites (tertiary alicyclic amines) is 1. The molecule has 6 heteroatoms. The van der Waals surface area contributed by atoms with Gasteiger partial charge in [-0.3, -0.25) is 14.6 Å². The molecule has 6 nitrogen and oxygen atoms in total. The molecular formula is C17H19N3O3. The molecule has 2 aromatic rings. The first-order chi connectivity index (χ1) is 11.0. The van der Waals surface area contributed by atoms with Crippen LogP contribution in [0.2, 0.25) is 0 Å². The van der Waals surface area contributed by atoms with Crippen molar-refractivity contribution in [3.63, 3.8) is 0 Å². The van der Waals surface area contributed by atoms with Gasteiger partial charge in [0.25, 0.3) is 5.91 Å². The Morgan fingerprint density at radius 2 is 2.13 bits per heavy atom. The molecule has 120 valence electrons. The van der Waals surface area contributed by atoms with E-state index < -0.39 is 0 Å². The zero-order valence-electron chi connectivity index (χ0n) is 13.2. The van der Waals surface area contributed by atoms with E-state index in [2.05, 4.69) is 4.98 Å². The summed E-state index contributed by atoms with van der Waals surface area (Å²) < 4.78 is 5.22. The number of hydrogen-bond donors (Lipinski definition) is 1. The number of nitrogens with two attached hydrogens (primary N) is 1. The van der Waals surface area contributed by atoms with Gasteiger partial charge < -0.3 is 15.4 Å². The number of carbonyl (C=O) groups is 2. The number of nitrogens with zero attached hydrogens (tertiary/aromatic N) is 2. The number of rotatable bonds is 3. The predicted octanol–water partition coefficient (Wildman–Crippen LogP) is 1.50. The molecule has 1 aliphatic heterocycles. The number of carbonyl (C=O) groups excluding carboxylic acids is 2. The largest absolute Gasteiger partial charge is 0.497 e. The van der Waals surface area contributed by atoms with Gasteiger partial charge >= 0.3 is 0 Å². The van der Waals surface area contributed by atoms with Gasteiger partial charge in [-0.15, -0.1) is 0 Å². The molecule has 2 N–H and O–H groups in total. The molecule has 0 radical (unpaired) electrons. The summed E-state index contributed by atoms with van der Waals surface area (Å²) in [7, 11) is 1.60. The number of amides is 2. The van der Waals surface area contributed by atoms with Gasteiger partial charge in [0.15, 0.2) is 0 Å². The second kappa shape index (κ2) is 5.87. The second-order valence-electron chi connectivity index (χ2n) is 5.82. The molecule has 2 amide bonds. The molecule has 1 atom stereocenters. The number of ether oxygens (including phenoxy) is 1. The van der Waals surface area contributed by atoms with Crippen molar-refractivity contribution in [1.29, 1.82) is 0 Å². The van der Waals surface area contributed by atoms with Crippen molar-refractivity contribution in [2.24, 2.45) is 11.7 Å². The number of pyridine rings is 1. The SMILES string of the molecule is COc1ccc2nc(C)c(C(=O)N3CC[C@H](C(N)=O)C3)cc2c1. The minimum atomic E-state index is -0.349. The van der Waals surface area contributed by atoms with E-state index in [-0.39, 0.29) is 17.7 Å². The van der Waals surface area contributed by atoms with Gasteiger partial charge in [-0.1, -0.05) is 0 Å². The van der Waals surface area contributed by atoms with Crippen LogP contribution in [-0.2, 0) is 4.79 Å². The number of aryl methyl sites for hydroxylation is 1. The molecule has 23 heavy (non-hydrogen) atoms. The highest BCUT2D eigenvalue weighted by atomic mass is 16.5.